The number of ether oxygens (including phenoxy) is 1. The van der Waals surface area contributed by atoms with Crippen molar-refractivity contribution in [3.63, 3.8) is 0 Å². The predicted molar refractivity (Wildman–Crippen MR) is 87.2 cm³/mol. The van der Waals surface area contributed by atoms with Crippen molar-refractivity contribution in [3.8, 4) is 5.75 Å². The molecule has 0 amide bonds. The van der Waals surface area contributed by atoms with Crippen molar-refractivity contribution in [1.82, 2.24) is 0 Å². The SMILES string of the molecule is COc1cc(Br)ccc1C(Br)Cc1cccc(C)c1. The Morgan fingerprint density at radius 1 is 1.16 bits per heavy atom. The quantitative estimate of drug-likeness (QED) is 0.638. The van der Waals surface area contributed by atoms with Crippen molar-refractivity contribution in [2.75, 3.05) is 7.11 Å². The first-order valence-corrected chi connectivity index (χ1v) is 7.84. The summed E-state index contributed by atoms with van der Waals surface area (Å²) in [5.41, 5.74) is 3.79. The van der Waals surface area contributed by atoms with E-state index in [0.717, 1.165) is 16.6 Å². The van der Waals surface area contributed by atoms with Crippen molar-refractivity contribution >= 4 is 31.9 Å². The van der Waals surface area contributed by atoms with E-state index in [-0.39, 0.29) is 4.83 Å². The molecule has 1 atom stereocenters. The summed E-state index contributed by atoms with van der Waals surface area (Å²) >= 11 is 7.24. The molecular weight excluding hydrogens is 368 g/mol. The summed E-state index contributed by atoms with van der Waals surface area (Å²) in [6.45, 7) is 2.12. The van der Waals surface area contributed by atoms with Gasteiger partial charge in [0.05, 0.1) is 7.11 Å². The number of aryl methyl sites for hydroxylation is 1. The lowest BCUT2D eigenvalue weighted by molar-refractivity contribution is 0.409. The topological polar surface area (TPSA) is 9.23 Å². The van der Waals surface area contributed by atoms with Crippen molar-refractivity contribution in [3.05, 3.63) is 63.6 Å². The lowest BCUT2D eigenvalue weighted by Gasteiger charge is -2.15. The molecule has 2 rings (SSSR count). The van der Waals surface area contributed by atoms with Gasteiger partial charge in [0.1, 0.15) is 5.75 Å². The summed E-state index contributed by atoms with van der Waals surface area (Å²) in [5, 5.41) is 0. The third-order valence-electron chi connectivity index (χ3n) is 3.03. The van der Waals surface area contributed by atoms with Crippen LogP contribution < -0.4 is 4.74 Å². The molecule has 1 unspecified atom stereocenters. The van der Waals surface area contributed by atoms with Gasteiger partial charge in [-0.15, -0.1) is 0 Å². The Labute approximate surface area is 131 Å². The van der Waals surface area contributed by atoms with E-state index in [4.69, 9.17) is 4.74 Å². The summed E-state index contributed by atoms with van der Waals surface area (Å²) in [6.07, 6.45) is 0.944. The maximum atomic E-state index is 5.45. The van der Waals surface area contributed by atoms with Crippen LogP contribution in [0.2, 0.25) is 0 Å². The molecule has 0 heterocycles. The molecule has 0 spiro atoms. The molecule has 1 nitrogen and oxygen atoms in total. The zero-order valence-electron chi connectivity index (χ0n) is 11.0. The Morgan fingerprint density at radius 3 is 2.63 bits per heavy atom. The second-order valence-electron chi connectivity index (χ2n) is 4.55. The molecule has 0 fully saturated rings. The fraction of sp³-hybridized carbons (Fsp3) is 0.250. The molecule has 0 aliphatic heterocycles. The third-order valence-corrected chi connectivity index (χ3v) is 4.34. The van der Waals surface area contributed by atoms with Crippen LogP contribution in [-0.2, 0) is 6.42 Å². The first-order valence-electron chi connectivity index (χ1n) is 6.13. The van der Waals surface area contributed by atoms with Gasteiger partial charge in [-0.2, -0.15) is 0 Å². The first-order chi connectivity index (χ1) is 9.10. The molecule has 0 aromatic heterocycles. The molecule has 0 aliphatic rings. The minimum Gasteiger partial charge on any atom is -0.496 e. The molecule has 0 bridgehead atoms. The summed E-state index contributed by atoms with van der Waals surface area (Å²) in [4.78, 5) is 0.248. The maximum absolute atomic E-state index is 5.45. The van der Waals surface area contributed by atoms with Crippen LogP contribution in [0.25, 0.3) is 0 Å². The smallest absolute Gasteiger partial charge is 0.124 e. The van der Waals surface area contributed by atoms with Crippen LogP contribution in [0, 0.1) is 6.92 Å². The van der Waals surface area contributed by atoms with Crippen LogP contribution >= 0.6 is 31.9 Å². The van der Waals surface area contributed by atoms with Gasteiger partial charge in [-0.05, 0) is 31.0 Å². The molecule has 2 aromatic carbocycles. The summed E-state index contributed by atoms with van der Waals surface area (Å²) in [6, 6.07) is 14.7. The maximum Gasteiger partial charge on any atom is 0.124 e. The van der Waals surface area contributed by atoms with Crippen LogP contribution in [0.3, 0.4) is 0 Å². The zero-order chi connectivity index (χ0) is 13.8. The molecule has 19 heavy (non-hydrogen) atoms. The lowest BCUT2D eigenvalue weighted by atomic mass is 10.0. The van der Waals surface area contributed by atoms with Gasteiger partial charge in [0.2, 0.25) is 0 Å². The zero-order valence-corrected chi connectivity index (χ0v) is 14.2. The van der Waals surface area contributed by atoms with Crippen molar-refractivity contribution in [2.24, 2.45) is 0 Å². The molecular formula is C16H16Br2O. The average molecular weight is 384 g/mol. The molecule has 100 valence electrons. The predicted octanol–water partition coefficient (Wildman–Crippen LogP) is 5.44. The van der Waals surface area contributed by atoms with Gasteiger partial charge in [-0.25, -0.2) is 0 Å². The highest BCUT2D eigenvalue weighted by molar-refractivity contribution is 9.10. The van der Waals surface area contributed by atoms with E-state index in [2.05, 4.69) is 69.1 Å². The highest BCUT2D eigenvalue weighted by Gasteiger charge is 2.14. The largest absolute Gasteiger partial charge is 0.496 e. The van der Waals surface area contributed by atoms with Gasteiger partial charge in [-0.3, -0.25) is 0 Å². The van der Waals surface area contributed by atoms with E-state index in [9.17, 15) is 0 Å². The minimum absolute atomic E-state index is 0.248. The van der Waals surface area contributed by atoms with Gasteiger partial charge in [0.15, 0.2) is 0 Å². The molecule has 0 saturated heterocycles. The second kappa shape index (κ2) is 6.58. The first kappa shape index (κ1) is 14.6. The monoisotopic (exact) mass is 382 g/mol. The Balaban J connectivity index is 2.22. The summed E-state index contributed by atoms with van der Waals surface area (Å²) in [5.74, 6) is 0.906. The summed E-state index contributed by atoms with van der Waals surface area (Å²) in [7, 11) is 1.71. The molecule has 0 N–H and O–H groups in total. The normalized spacial score (nSPS) is 12.2. The van der Waals surface area contributed by atoms with E-state index in [0.29, 0.717) is 0 Å². The minimum atomic E-state index is 0.248. The van der Waals surface area contributed by atoms with Gasteiger partial charge < -0.3 is 4.74 Å². The molecule has 3 heteroatoms. The molecule has 0 aliphatic carbocycles. The number of alkyl halides is 1. The Bertz CT molecular complexity index is 566. The molecule has 0 radical (unpaired) electrons. The van der Waals surface area contributed by atoms with Crippen molar-refractivity contribution in [2.45, 2.75) is 18.2 Å². The number of hydrogen-bond donors (Lipinski definition) is 0. The summed E-state index contributed by atoms with van der Waals surface area (Å²) < 4.78 is 6.48. The standard InChI is InChI=1S/C16H16Br2O/c1-11-4-3-5-12(8-11)9-15(18)14-7-6-13(17)10-16(14)19-2/h3-8,10,15H,9H2,1-2H3. The van der Waals surface area contributed by atoms with E-state index in [1.54, 1.807) is 7.11 Å². The lowest BCUT2D eigenvalue weighted by Crippen LogP contribution is -1.99. The van der Waals surface area contributed by atoms with Gasteiger partial charge in [0, 0.05) is 14.9 Å². The van der Waals surface area contributed by atoms with Crippen molar-refractivity contribution < 1.29 is 4.74 Å². The Morgan fingerprint density at radius 2 is 1.95 bits per heavy atom. The van der Waals surface area contributed by atoms with Crippen LogP contribution in [0.4, 0.5) is 0 Å². The number of rotatable bonds is 4. The van der Waals surface area contributed by atoms with E-state index < -0.39 is 0 Å². The number of halogens is 2. The van der Waals surface area contributed by atoms with Crippen LogP contribution in [0.15, 0.2) is 46.9 Å². The number of hydrogen-bond acceptors (Lipinski definition) is 1. The fourth-order valence-corrected chi connectivity index (χ4v) is 3.19. The highest BCUT2D eigenvalue weighted by atomic mass is 79.9. The number of benzene rings is 2. The highest BCUT2D eigenvalue weighted by Crippen LogP contribution is 2.35. The third kappa shape index (κ3) is 3.83. The Kier molecular flexibility index (Phi) is 5.06. The van der Waals surface area contributed by atoms with E-state index >= 15 is 0 Å². The molecule has 2 aromatic rings. The second-order valence-corrected chi connectivity index (χ2v) is 6.57. The van der Waals surface area contributed by atoms with Crippen LogP contribution in [-0.4, -0.2) is 7.11 Å². The number of methoxy groups -OCH3 is 1. The van der Waals surface area contributed by atoms with Crippen LogP contribution in [0.5, 0.6) is 5.75 Å². The Hall–Kier alpha value is -0.800. The van der Waals surface area contributed by atoms with Gasteiger partial charge in [-0.1, -0.05) is 67.8 Å². The average Bonchev–Trinajstić information content (AvgIpc) is 2.38. The van der Waals surface area contributed by atoms with Crippen molar-refractivity contribution in [1.29, 1.82) is 0 Å². The van der Waals surface area contributed by atoms with Crippen LogP contribution in [0.1, 0.15) is 21.5 Å². The fourth-order valence-electron chi connectivity index (χ4n) is 2.10. The molecule has 0 saturated carbocycles. The van der Waals surface area contributed by atoms with Gasteiger partial charge in [0.25, 0.3) is 0 Å². The van der Waals surface area contributed by atoms with E-state index in [1.807, 2.05) is 12.1 Å². The van der Waals surface area contributed by atoms with Gasteiger partial charge >= 0.3 is 0 Å². The van der Waals surface area contributed by atoms with E-state index in [1.165, 1.54) is 16.7 Å².